The molecule has 0 saturated carbocycles. The fourth-order valence-electron chi connectivity index (χ4n) is 1.56. The Bertz CT molecular complexity index is 277. The Balaban J connectivity index is 0.00000256. The second kappa shape index (κ2) is 9.50. The number of halogens is 1. The lowest BCUT2D eigenvalue weighted by atomic mass is 10.3. The van der Waals surface area contributed by atoms with Crippen molar-refractivity contribution < 1.29 is 4.74 Å². The minimum Gasteiger partial charge on any atom is -0.374 e. The quantitative estimate of drug-likeness (QED) is 0.318. The monoisotopic (exact) mass is 352 g/mol. The first-order chi connectivity index (χ1) is 7.76. The summed E-state index contributed by atoms with van der Waals surface area (Å²) in [5, 5.41) is 6.19. The van der Waals surface area contributed by atoms with Crippen LogP contribution >= 0.6 is 24.0 Å². The molecule has 0 spiro atoms. The van der Waals surface area contributed by atoms with Crippen molar-refractivity contribution in [2.45, 2.75) is 6.10 Å². The standard InChI is InChI=1S/C11H20N4O.HI/c1-4-5-13-11(12-2)14-8-10-9-15(3)6-7-16-10;/h1,10H,5-9H2,2-3H3,(H2,12,13,14);1H. The van der Waals surface area contributed by atoms with E-state index in [0.29, 0.717) is 6.54 Å². The van der Waals surface area contributed by atoms with E-state index in [-0.39, 0.29) is 30.1 Å². The second-order valence-corrected chi connectivity index (χ2v) is 3.77. The van der Waals surface area contributed by atoms with Gasteiger partial charge in [-0.3, -0.25) is 4.99 Å². The van der Waals surface area contributed by atoms with Crippen LogP contribution in [-0.2, 0) is 4.74 Å². The Labute approximate surface area is 120 Å². The number of guanidine groups is 1. The summed E-state index contributed by atoms with van der Waals surface area (Å²) in [7, 11) is 3.82. The fourth-order valence-corrected chi connectivity index (χ4v) is 1.56. The minimum absolute atomic E-state index is 0. The van der Waals surface area contributed by atoms with Gasteiger partial charge in [0.2, 0.25) is 0 Å². The summed E-state index contributed by atoms with van der Waals surface area (Å²) in [6.45, 7) is 3.96. The molecule has 1 aliphatic heterocycles. The highest BCUT2D eigenvalue weighted by molar-refractivity contribution is 14.0. The van der Waals surface area contributed by atoms with Gasteiger partial charge in [0, 0.05) is 26.7 Å². The van der Waals surface area contributed by atoms with Crippen LogP contribution in [0.5, 0.6) is 0 Å². The molecule has 0 aromatic heterocycles. The molecule has 2 N–H and O–H groups in total. The Hall–Kier alpha value is -0.520. The zero-order valence-electron chi connectivity index (χ0n) is 10.4. The summed E-state index contributed by atoms with van der Waals surface area (Å²) in [5.74, 6) is 3.22. The van der Waals surface area contributed by atoms with E-state index < -0.39 is 0 Å². The highest BCUT2D eigenvalue weighted by Gasteiger charge is 2.17. The van der Waals surface area contributed by atoms with E-state index in [0.717, 1.165) is 32.2 Å². The van der Waals surface area contributed by atoms with Gasteiger partial charge in [0.1, 0.15) is 0 Å². The molecule has 1 unspecified atom stereocenters. The summed E-state index contributed by atoms with van der Waals surface area (Å²) in [6.07, 6.45) is 5.37. The number of ether oxygens (including phenoxy) is 1. The number of aliphatic imine (C=N–C) groups is 1. The Morgan fingerprint density at radius 2 is 2.35 bits per heavy atom. The van der Waals surface area contributed by atoms with Crippen LogP contribution in [-0.4, -0.2) is 63.8 Å². The maximum absolute atomic E-state index is 5.62. The minimum atomic E-state index is 0. The largest absolute Gasteiger partial charge is 0.374 e. The lowest BCUT2D eigenvalue weighted by Crippen LogP contribution is -2.48. The number of rotatable bonds is 3. The Morgan fingerprint density at radius 3 is 2.94 bits per heavy atom. The van der Waals surface area contributed by atoms with Crippen molar-refractivity contribution in [3.05, 3.63) is 0 Å². The highest BCUT2D eigenvalue weighted by atomic mass is 127. The molecule has 98 valence electrons. The van der Waals surface area contributed by atoms with E-state index in [1.807, 2.05) is 0 Å². The Morgan fingerprint density at radius 1 is 1.59 bits per heavy atom. The molecule has 0 amide bonds. The van der Waals surface area contributed by atoms with Crippen LogP contribution in [0.25, 0.3) is 0 Å². The van der Waals surface area contributed by atoms with Gasteiger partial charge in [-0.15, -0.1) is 30.4 Å². The van der Waals surface area contributed by atoms with Crippen LogP contribution in [0.15, 0.2) is 4.99 Å². The predicted octanol–water partition coefficient (Wildman–Crippen LogP) is -0.267. The maximum atomic E-state index is 5.62. The molecule has 0 bridgehead atoms. The first kappa shape index (κ1) is 16.5. The molecule has 1 saturated heterocycles. The number of nitrogens with zero attached hydrogens (tertiary/aromatic N) is 2. The average Bonchev–Trinajstić information content (AvgIpc) is 2.29. The van der Waals surface area contributed by atoms with Crippen molar-refractivity contribution in [1.82, 2.24) is 15.5 Å². The third kappa shape index (κ3) is 6.71. The summed E-state index contributed by atoms with van der Waals surface area (Å²) < 4.78 is 5.62. The molecule has 0 aromatic carbocycles. The van der Waals surface area contributed by atoms with E-state index in [1.165, 1.54) is 0 Å². The molecule has 17 heavy (non-hydrogen) atoms. The van der Waals surface area contributed by atoms with Gasteiger partial charge in [0.05, 0.1) is 19.3 Å². The van der Waals surface area contributed by atoms with Gasteiger partial charge < -0.3 is 20.3 Å². The first-order valence-electron chi connectivity index (χ1n) is 5.44. The molecular formula is C11H21IN4O. The van der Waals surface area contributed by atoms with Gasteiger partial charge in [-0.25, -0.2) is 0 Å². The molecule has 1 heterocycles. The van der Waals surface area contributed by atoms with Crippen molar-refractivity contribution in [2.24, 2.45) is 4.99 Å². The summed E-state index contributed by atoms with van der Waals surface area (Å²) >= 11 is 0. The number of hydrogen-bond acceptors (Lipinski definition) is 3. The fraction of sp³-hybridized carbons (Fsp3) is 0.727. The molecule has 1 rings (SSSR count). The number of hydrogen-bond donors (Lipinski definition) is 2. The van der Waals surface area contributed by atoms with Crippen LogP contribution in [0.3, 0.4) is 0 Å². The zero-order chi connectivity index (χ0) is 11.8. The van der Waals surface area contributed by atoms with E-state index in [2.05, 4.69) is 33.5 Å². The molecule has 1 atom stereocenters. The van der Waals surface area contributed by atoms with Crippen molar-refractivity contribution in [1.29, 1.82) is 0 Å². The second-order valence-electron chi connectivity index (χ2n) is 3.77. The molecule has 0 aliphatic carbocycles. The average molecular weight is 352 g/mol. The van der Waals surface area contributed by atoms with Gasteiger partial charge in [-0.1, -0.05) is 5.92 Å². The number of nitrogens with one attached hydrogen (secondary N) is 2. The van der Waals surface area contributed by atoms with E-state index >= 15 is 0 Å². The third-order valence-electron chi connectivity index (χ3n) is 2.42. The van der Waals surface area contributed by atoms with Crippen LogP contribution in [0.4, 0.5) is 0 Å². The summed E-state index contributed by atoms with van der Waals surface area (Å²) in [6, 6.07) is 0. The molecule has 6 heteroatoms. The molecule has 1 aliphatic rings. The van der Waals surface area contributed by atoms with Crippen LogP contribution in [0, 0.1) is 12.3 Å². The first-order valence-corrected chi connectivity index (χ1v) is 5.44. The van der Waals surface area contributed by atoms with Gasteiger partial charge in [0.15, 0.2) is 5.96 Å². The number of likely N-dealkylation sites (N-methyl/N-ethyl adjacent to an activating group) is 1. The molecule has 0 aromatic rings. The van der Waals surface area contributed by atoms with Crippen LogP contribution in [0.2, 0.25) is 0 Å². The van der Waals surface area contributed by atoms with Crippen molar-refractivity contribution >= 4 is 29.9 Å². The topological polar surface area (TPSA) is 48.9 Å². The summed E-state index contributed by atoms with van der Waals surface area (Å²) in [4.78, 5) is 6.32. The lowest BCUT2D eigenvalue weighted by molar-refractivity contribution is -0.0161. The van der Waals surface area contributed by atoms with Crippen LogP contribution in [0.1, 0.15) is 0 Å². The summed E-state index contributed by atoms with van der Waals surface area (Å²) in [5.41, 5.74) is 0. The maximum Gasteiger partial charge on any atom is 0.191 e. The van der Waals surface area contributed by atoms with Gasteiger partial charge in [0.25, 0.3) is 0 Å². The predicted molar refractivity (Wildman–Crippen MR) is 80.8 cm³/mol. The SMILES string of the molecule is C#CCNC(=NC)NCC1CN(C)CCO1.I. The van der Waals surface area contributed by atoms with Crippen molar-refractivity contribution in [2.75, 3.05) is 46.9 Å². The molecule has 5 nitrogen and oxygen atoms in total. The van der Waals surface area contributed by atoms with Gasteiger partial charge in [-0.2, -0.15) is 0 Å². The lowest BCUT2D eigenvalue weighted by Gasteiger charge is -2.30. The Kier molecular flexibility index (Phi) is 9.21. The normalized spacial score (nSPS) is 21.2. The number of terminal acetylenes is 1. The highest BCUT2D eigenvalue weighted by Crippen LogP contribution is 2.01. The zero-order valence-corrected chi connectivity index (χ0v) is 12.7. The van der Waals surface area contributed by atoms with Gasteiger partial charge in [-0.05, 0) is 7.05 Å². The third-order valence-corrected chi connectivity index (χ3v) is 2.42. The number of morpholine rings is 1. The molecular weight excluding hydrogens is 331 g/mol. The van der Waals surface area contributed by atoms with E-state index in [9.17, 15) is 0 Å². The molecule has 0 radical (unpaired) electrons. The van der Waals surface area contributed by atoms with Crippen molar-refractivity contribution in [3.8, 4) is 12.3 Å². The molecule has 1 fully saturated rings. The van der Waals surface area contributed by atoms with Crippen LogP contribution < -0.4 is 10.6 Å². The van der Waals surface area contributed by atoms with Crippen molar-refractivity contribution in [3.63, 3.8) is 0 Å². The van der Waals surface area contributed by atoms with Gasteiger partial charge >= 0.3 is 0 Å². The van der Waals surface area contributed by atoms with E-state index in [1.54, 1.807) is 7.05 Å². The van der Waals surface area contributed by atoms with E-state index in [4.69, 9.17) is 11.2 Å². The smallest absolute Gasteiger partial charge is 0.191 e.